The van der Waals surface area contributed by atoms with Gasteiger partial charge in [0.25, 0.3) is 0 Å². The highest BCUT2D eigenvalue weighted by molar-refractivity contribution is 5.74. The van der Waals surface area contributed by atoms with E-state index in [-0.39, 0.29) is 18.7 Å². The van der Waals surface area contributed by atoms with Gasteiger partial charge in [-0.3, -0.25) is 0 Å². The van der Waals surface area contributed by atoms with E-state index in [0.29, 0.717) is 6.54 Å². The molecular formula is C16H24N2O3. The van der Waals surface area contributed by atoms with Crippen LogP contribution in [0, 0.1) is 0 Å². The van der Waals surface area contributed by atoms with Crippen molar-refractivity contribution in [3.63, 3.8) is 0 Å². The molecule has 1 aliphatic heterocycles. The summed E-state index contributed by atoms with van der Waals surface area (Å²) < 4.78 is 5.19. The molecule has 1 aromatic rings. The number of aryl methyl sites for hydroxylation is 1. The Balaban J connectivity index is 1.70. The largest absolute Gasteiger partial charge is 0.497 e. The normalized spacial score (nSPS) is 17.8. The van der Waals surface area contributed by atoms with Crippen molar-refractivity contribution in [1.29, 1.82) is 0 Å². The molecular weight excluding hydrogens is 268 g/mol. The van der Waals surface area contributed by atoms with Crippen molar-refractivity contribution < 1.29 is 14.6 Å². The molecule has 0 spiro atoms. The van der Waals surface area contributed by atoms with E-state index in [2.05, 4.69) is 11.4 Å². The van der Waals surface area contributed by atoms with Crippen LogP contribution in [0.5, 0.6) is 5.75 Å². The number of hydrogen-bond acceptors (Lipinski definition) is 3. The van der Waals surface area contributed by atoms with Crippen molar-refractivity contribution in [2.75, 3.05) is 26.8 Å². The number of rotatable bonds is 6. The van der Waals surface area contributed by atoms with Crippen molar-refractivity contribution in [1.82, 2.24) is 10.2 Å². The minimum Gasteiger partial charge on any atom is -0.497 e. The number of amides is 2. The molecule has 5 heteroatoms. The van der Waals surface area contributed by atoms with Gasteiger partial charge in [0.2, 0.25) is 0 Å². The maximum absolute atomic E-state index is 12.0. The second-order valence-corrected chi connectivity index (χ2v) is 5.36. The number of carbonyl (C=O) groups excluding carboxylic acids is 1. The summed E-state index contributed by atoms with van der Waals surface area (Å²) in [4.78, 5) is 13.8. The first-order valence-electron chi connectivity index (χ1n) is 7.53. The van der Waals surface area contributed by atoms with Crippen LogP contribution in [0.2, 0.25) is 0 Å². The van der Waals surface area contributed by atoms with Gasteiger partial charge >= 0.3 is 6.03 Å². The van der Waals surface area contributed by atoms with Gasteiger partial charge in [-0.25, -0.2) is 4.79 Å². The summed E-state index contributed by atoms with van der Waals surface area (Å²) in [5.41, 5.74) is 1.21. The topological polar surface area (TPSA) is 61.8 Å². The number of hydrogen-bond donors (Lipinski definition) is 2. The van der Waals surface area contributed by atoms with Crippen LogP contribution in [-0.4, -0.2) is 48.9 Å². The third kappa shape index (κ3) is 4.36. The number of nitrogens with one attached hydrogen (secondary N) is 1. The van der Waals surface area contributed by atoms with E-state index in [1.807, 2.05) is 18.2 Å². The average molecular weight is 292 g/mol. The number of aliphatic hydroxyl groups excluding tert-OH is 1. The molecule has 0 radical (unpaired) electrons. The fourth-order valence-corrected chi connectivity index (χ4v) is 2.71. The number of ether oxygens (including phenoxy) is 1. The van der Waals surface area contributed by atoms with Gasteiger partial charge in [0.1, 0.15) is 5.75 Å². The van der Waals surface area contributed by atoms with E-state index in [4.69, 9.17) is 4.74 Å². The van der Waals surface area contributed by atoms with Crippen LogP contribution >= 0.6 is 0 Å². The molecule has 21 heavy (non-hydrogen) atoms. The Kier molecular flexibility index (Phi) is 5.87. The van der Waals surface area contributed by atoms with Crippen molar-refractivity contribution in [2.24, 2.45) is 0 Å². The van der Waals surface area contributed by atoms with E-state index in [1.165, 1.54) is 5.56 Å². The minimum absolute atomic E-state index is 0.0108. The molecule has 0 aromatic heterocycles. The van der Waals surface area contributed by atoms with Gasteiger partial charge < -0.3 is 20.1 Å². The first kappa shape index (κ1) is 15.6. The number of nitrogens with zero attached hydrogens (tertiary/aromatic N) is 1. The first-order chi connectivity index (χ1) is 10.2. The maximum atomic E-state index is 12.0. The number of aliphatic hydroxyl groups is 1. The molecule has 0 saturated carbocycles. The summed E-state index contributed by atoms with van der Waals surface area (Å²) in [6, 6.07) is 7.91. The fraction of sp³-hybridized carbons (Fsp3) is 0.562. The van der Waals surface area contributed by atoms with Crippen molar-refractivity contribution in [2.45, 2.75) is 31.7 Å². The van der Waals surface area contributed by atoms with Gasteiger partial charge in [-0.15, -0.1) is 0 Å². The third-order valence-corrected chi connectivity index (χ3v) is 3.90. The average Bonchev–Trinajstić information content (AvgIpc) is 3.00. The molecule has 1 heterocycles. The maximum Gasteiger partial charge on any atom is 0.317 e. The highest BCUT2D eigenvalue weighted by Gasteiger charge is 2.27. The van der Waals surface area contributed by atoms with Crippen molar-refractivity contribution in [3.8, 4) is 5.75 Å². The standard InChI is InChI=1S/C16H24N2O3/c1-21-15-8-2-5-13(11-15)6-3-9-17-16(20)18-10-4-7-14(18)12-19/h2,5,8,11,14,19H,3-4,6-7,9-10,12H2,1H3,(H,17,20). The summed E-state index contributed by atoms with van der Waals surface area (Å²) in [5, 5.41) is 12.2. The van der Waals surface area contributed by atoms with Gasteiger partial charge in [-0.1, -0.05) is 12.1 Å². The lowest BCUT2D eigenvalue weighted by Gasteiger charge is -2.23. The number of carbonyl (C=O) groups is 1. The second kappa shape index (κ2) is 7.88. The number of benzene rings is 1. The minimum atomic E-state index is -0.0582. The summed E-state index contributed by atoms with van der Waals surface area (Å²) in [6.07, 6.45) is 3.66. The van der Waals surface area contributed by atoms with Crippen LogP contribution < -0.4 is 10.1 Å². The molecule has 1 atom stereocenters. The van der Waals surface area contributed by atoms with E-state index >= 15 is 0 Å². The molecule has 1 aromatic carbocycles. The molecule has 1 unspecified atom stereocenters. The zero-order chi connectivity index (χ0) is 15.1. The predicted molar refractivity (Wildman–Crippen MR) is 81.5 cm³/mol. The molecule has 0 bridgehead atoms. The van der Waals surface area contributed by atoms with Crippen molar-refractivity contribution >= 4 is 6.03 Å². The molecule has 5 nitrogen and oxygen atoms in total. The van der Waals surface area contributed by atoms with E-state index < -0.39 is 0 Å². The second-order valence-electron chi connectivity index (χ2n) is 5.36. The summed E-state index contributed by atoms with van der Waals surface area (Å²) >= 11 is 0. The Morgan fingerprint density at radius 1 is 1.52 bits per heavy atom. The van der Waals surface area contributed by atoms with E-state index in [0.717, 1.165) is 38.0 Å². The first-order valence-corrected chi connectivity index (χ1v) is 7.53. The summed E-state index contributed by atoms with van der Waals surface area (Å²) in [7, 11) is 1.66. The van der Waals surface area contributed by atoms with Crippen LogP contribution in [-0.2, 0) is 6.42 Å². The molecule has 1 aliphatic rings. The molecule has 1 saturated heterocycles. The van der Waals surface area contributed by atoms with Crippen LogP contribution in [0.4, 0.5) is 4.79 Å². The Hall–Kier alpha value is -1.75. The molecule has 2 rings (SSSR count). The van der Waals surface area contributed by atoms with Crippen molar-refractivity contribution in [3.05, 3.63) is 29.8 Å². The monoisotopic (exact) mass is 292 g/mol. The zero-order valence-electron chi connectivity index (χ0n) is 12.5. The van der Waals surface area contributed by atoms with Crippen LogP contribution in [0.15, 0.2) is 24.3 Å². The number of methoxy groups -OCH3 is 1. The van der Waals surface area contributed by atoms with Gasteiger partial charge in [-0.05, 0) is 43.4 Å². The van der Waals surface area contributed by atoms with Gasteiger partial charge in [0.05, 0.1) is 19.8 Å². The third-order valence-electron chi connectivity index (χ3n) is 3.90. The Labute approximate surface area is 125 Å². The SMILES string of the molecule is COc1cccc(CCCNC(=O)N2CCCC2CO)c1. The summed E-state index contributed by atoms with van der Waals surface area (Å²) in [6.45, 7) is 1.44. The Bertz CT molecular complexity index is 465. The van der Waals surface area contributed by atoms with Gasteiger partial charge in [-0.2, -0.15) is 0 Å². The molecule has 116 valence electrons. The molecule has 2 amide bonds. The lowest BCUT2D eigenvalue weighted by atomic mass is 10.1. The Morgan fingerprint density at radius 2 is 2.38 bits per heavy atom. The van der Waals surface area contributed by atoms with Crippen LogP contribution in [0.3, 0.4) is 0 Å². The van der Waals surface area contributed by atoms with Gasteiger partial charge in [0.15, 0.2) is 0 Å². The lowest BCUT2D eigenvalue weighted by Crippen LogP contribution is -2.44. The van der Waals surface area contributed by atoms with E-state index in [1.54, 1.807) is 12.0 Å². The molecule has 1 fully saturated rings. The van der Waals surface area contributed by atoms with Crippen LogP contribution in [0.1, 0.15) is 24.8 Å². The highest BCUT2D eigenvalue weighted by atomic mass is 16.5. The smallest absolute Gasteiger partial charge is 0.317 e. The highest BCUT2D eigenvalue weighted by Crippen LogP contribution is 2.16. The lowest BCUT2D eigenvalue weighted by molar-refractivity contribution is 0.157. The summed E-state index contributed by atoms with van der Waals surface area (Å²) in [5.74, 6) is 0.861. The quantitative estimate of drug-likeness (QED) is 0.786. The number of likely N-dealkylation sites (tertiary alicyclic amines) is 1. The fourth-order valence-electron chi connectivity index (χ4n) is 2.71. The zero-order valence-corrected chi connectivity index (χ0v) is 12.5. The predicted octanol–water partition coefficient (Wildman–Crippen LogP) is 1.79. The molecule has 0 aliphatic carbocycles. The molecule has 2 N–H and O–H groups in total. The van der Waals surface area contributed by atoms with Gasteiger partial charge in [0, 0.05) is 13.1 Å². The van der Waals surface area contributed by atoms with Crippen LogP contribution in [0.25, 0.3) is 0 Å². The number of urea groups is 1. The Morgan fingerprint density at radius 3 is 3.14 bits per heavy atom. The van der Waals surface area contributed by atoms with E-state index in [9.17, 15) is 9.90 Å².